The van der Waals surface area contributed by atoms with Crippen LogP contribution in [0.2, 0.25) is 0 Å². The Bertz CT molecular complexity index is 280. The molecule has 0 saturated carbocycles. The zero-order valence-electron chi connectivity index (χ0n) is 11.9. The van der Waals surface area contributed by atoms with Crippen LogP contribution in [0.3, 0.4) is 0 Å². The van der Waals surface area contributed by atoms with Crippen molar-refractivity contribution in [3.8, 4) is 0 Å². The Morgan fingerprint density at radius 3 is 2.00 bits per heavy atom. The number of rotatable bonds is 10. The van der Waals surface area contributed by atoms with Crippen molar-refractivity contribution in [1.82, 2.24) is 0 Å². The summed E-state index contributed by atoms with van der Waals surface area (Å²) >= 11 is 0. The quantitative estimate of drug-likeness (QED) is 0.433. The van der Waals surface area contributed by atoms with Gasteiger partial charge in [-0.05, 0) is 32.1 Å². The number of unbranched alkanes of at least 4 members (excludes halogenated alkanes) is 1. The molecular formula is C12H25KO4S. The Morgan fingerprint density at radius 2 is 1.56 bits per heavy atom. The molecule has 0 aliphatic carbocycles. The van der Waals surface area contributed by atoms with E-state index in [4.69, 9.17) is 0 Å². The van der Waals surface area contributed by atoms with Gasteiger partial charge in [-0.3, -0.25) is 0 Å². The Balaban J connectivity index is 0. The van der Waals surface area contributed by atoms with Gasteiger partial charge in [0.15, 0.2) is 0 Å². The van der Waals surface area contributed by atoms with Crippen LogP contribution in [0.1, 0.15) is 65.2 Å². The van der Waals surface area contributed by atoms with E-state index in [9.17, 15) is 18.1 Å². The van der Waals surface area contributed by atoms with Crippen LogP contribution in [-0.2, 0) is 10.1 Å². The second-order valence-electron chi connectivity index (χ2n) is 4.63. The SMILES string of the molecule is CCCCC(CCCC(O)CCC)S(=O)(=O)[O-].[K+]. The van der Waals surface area contributed by atoms with E-state index < -0.39 is 15.4 Å². The van der Waals surface area contributed by atoms with Crippen molar-refractivity contribution in [2.75, 3.05) is 0 Å². The first-order chi connectivity index (χ1) is 7.91. The fourth-order valence-electron chi connectivity index (χ4n) is 1.92. The predicted molar refractivity (Wildman–Crippen MR) is 67.8 cm³/mol. The van der Waals surface area contributed by atoms with Crippen molar-refractivity contribution in [3.05, 3.63) is 0 Å². The van der Waals surface area contributed by atoms with Crippen LogP contribution in [0.5, 0.6) is 0 Å². The molecule has 0 fully saturated rings. The first-order valence-electron chi connectivity index (χ1n) is 6.54. The maximum Gasteiger partial charge on any atom is 1.00 e. The van der Waals surface area contributed by atoms with Gasteiger partial charge >= 0.3 is 51.4 Å². The second kappa shape index (κ2) is 12.3. The van der Waals surface area contributed by atoms with Gasteiger partial charge in [-0.15, -0.1) is 0 Å². The maximum atomic E-state index is 11.0. The molecule has 0 radical (unpaired) electrons. The van der Waals surface area contributed by atoms with E-state index in [1.54, 1.807) is 0 Å². The third-order valence-electron chi connectivity index (χ3n) is 2.97. The molecule has 18 heavy (non-hydrogen) atoms. The molecule has 0 spiro atoms. The number of aliphatic hydroxyl groups excluding tert-OH is 1. The Labute approximate surface area is 154 Å². The summed E-state index contributed by atoms with van der Waals surface area (Å²) in [5.41, 5.74) is 0. The molecule has 0 aliphatic heterocycles. The van der Waals surface area contributed by atoms with E-state index in [1.807, 2.05) is 13.8 Å². The van der Waals surface area contributed by atoms with Crippen molar-refractivity contribution < 1.29 is 69.5 Å². The molecule has 6 heteroatoms. The Morgan fingerprint density at radius 1 is 1.00 bits per heavy atom. The fourth-order valence-corrected chi connectivity index (χ4v) is 2.83. The number of hydrogen-bond acceptors (Lipinski definition) is 4. The molecule has 104 valence electrons. The van der Waals surface area contributed by atoms with Gasteiger partial charge < -0.3 is 9.66 Å². The standard InChI is InChI=1S/C12H26O4S.K/c1-3-5-9-12(17(14,15)16)10-6-8-11(13)7-4-2;/h11-13H,3-10H2,1-2H3,(H,14,15,16);/q;+1/p-1. The third kappa shape index (κ3) is 11.3. The van der Waals surface area contributed by atoms with Gasteiger partial charge in [0, 0.05) is 5.25 Å². The zero-order chi connectivity index (χ0) is 13.3. The second-order valence-corrected chi connectivity index (χ2v) is 6.28. The van der Waals surface area contributed by atoms with Crippen molar-refractivity contribution in [2.24, 2.45) is 0 Å². The minimum absolute atomic E-state index is 0. The normalized spacial score (nSPS) is 14.9. The van der Waals surface area contributed by atoms with Crippen molar-refractivity contribution in [3.63, 3.8) is 0 Å². The summed E-state index contributed by atoms with van der Waals surface area (Å²) in [7, 11) is -4.18. The van der Waals surface area contributed by atoms with E-state index in [2.05, 4.69) is 0 Å². The van der Waals surface area contributed by atoms with Gasteiger partial charge in [0.2, 0.25) is 0 Å². The topological polar surface area (TPSA) is 77.4 Å². The minimum atomic E-state index is -4.18. The summed E-state index contributed by atoms with van der Waals surface area (Å²) in [5, 5.41) is 8.75. The summed E-state index contributed by atoms with van der Waals surface area (Å²) in [6.07, 6.45) is 4.99. The summed E-state index contributed by atoms with van der Waals surface area (Å²) in [6, 6.07) is 0. The monoisotopic (exact) mass is 304 g/mol. The van der Waals surface area contributed by atoms with E-state index >= 15 is 0 Å². The third-order valence-corrected chi connectivity index (χ3v) is 4.26. The van der Waals surface area contributed by atoms with Crippen molar-refractivity contribution in [1.29, 1.82) is 0 Å². The summed E-state index contributed by atoms with van der Waals surface area (Å²) in [4.78, 5) is 0. The first kappa shape index (κ1) is 21.8. The molecule has 4 nitrogen and oxygen atoms in total. The van der Waals surface area contributed by atoms with Gasteiger partial charge in [0.05, 0.1) is 16.2 Å². The molecule has 0 aliphatic rings. The maximum absolute atomic E-state index is 11.0. The van der Waals surface area contributed by atoms with Crippen molar-refractivity contribution >= 4 is 10.1 Å². The van der Waals surface area contributed by atoms with Crippen LogP contribution in [0, 0.1) is 0 Å². The molecule has 0 saturated heterocycles. The molecule has 2 unspecified atom stereocenters. The average Bonchev–Trinajstić information content (AvgIpc) is 2.21. The van der Waals surface area contributed by atoms with Crippen molar-refractivity contribution in [2.45, 2.75) is 76.6 Å². The van der Waals surface area contributed by atoms with Gasteiger partial charge in [-0.2, -0.15) is 0 Å². The summed E-state index contributed by atoms with van der Waals surface area (Å²) in [6.45, 7) is 3.97. The molecule has 1 N–H and O–H groups in total. The molecule has 0 bridgehead atoms. The Kier molecular flexibility index (Phi) is 14.9. The molecular weight excluding hydrogens is 279 g/mol. The fraction of sp³-hybridized carbons (Fsp3) is 1.00. The molecule has 2 atom stereocenters. The number of hydrogen-bond donors (Lipinski definition) is 1. The molecule has 0 heterocycles. The van der Waals surface area contributed by atoms with Crippen LogP contribution in [0.25, 0.3) is 0 Å². The van der Waals surface area contributed by atoms with Gasteiger partial charge in [0.1, 0.15) is 0 Å². The smallest absolute Gasteiger partial charge is 0.748 e. The number of aliphatic hydroxyl groups is 1. The minimum Gasteiger partial charge on any atom is -0.748 e. The predicted octanol–water partition coefficient (Wildman–Crippen LogP) is -0.574. The summed E-state index contributed by atoms with van der Waals surface area (Å²) in [5.74, 6) is 0. The van der Waals surface area contributed by atoms with Crippen LogP contribution in [0.4, 0.5) is 0 Å². The van der Waals surface area contributed by atoms with Crippen LogP contribution < -0.4 is 51.4 Å². The van der Waals surface area contributed by atoms with Crippen LogP contribution in [-0.4, -0.2) is 29.4 Å². The van der Waals surface area contributed by atoms with Gasteiger partial charge in [-0.25, -0.2) is 8.42 Å². The molecule has 0 aromatic carbocycles. The van der Waals surface area contributed by atoms with E-state index in [-0.39, 0.29) is 57.5 Å². The van der Waals surface area contributed by atoms with E-state index in [1.165, 1.54) is 0 Å². The molecule has 0 amide bonds. The average molecular weight is 304 g/mol. The summed E-state index contributed by atoms with van der Waals surface area (Å²) < 4.78 is 33.1. The molecule has 0 rings (SSSR count). The van der Waals surface area contributed by atoms with E-state index in [0.717, 1.165) is 25.7 Å². The largest absolute Gasteiger partial charge is 1.00 e. The van der Waals surface area contributed by atoms with Crippen LogP contribution in [0.15, 0.2) is 0 Å². The zero-order valence-corrected chi connectivity index (χ0v) is 15.8. The first-order valence-corrected chi connectivity index (χ1v) is 8.01. The molecule has 0 aromatic heterocycles. The van der Waals surface area contributed by atoms with Crippen LogP contribution >= 0.6 is 0 Å². The Hall–Kier alpha value is 1.51. The van der Waals surface area contributed by atoms with E-state index in [0.29, 0.717) is 25.7 Å². The molecule has 0 aromatic rings. The van der Waals surface area contributed by atoms with Gasteiger partial charge in [0.25, 0.3) is 0 Å². The van der Waals surface area contributed by atoms with Gasteiger partial charge in [-0.1, -0.05) is 33.1 Å².